The van der Waals surface area contributed by atoms with Crippen molar-refractivity contribution in [3.05, 3.63) is 29.1 Å². The first kappa shape index (κ1) is 23.4. The summed E-state index contributed by atoms with van der Waals surface area (Å²) in [5.74, 6) is 0. The van der Waals surface area contributed by atoms with Crippen molar-refractivity contribution in [2.45, 2.75) is 90.5 Å². The largest absolute Gasteiger partial charge is 0.598 e. The van der Waals surface area contributed by atoms with Gasteiger partial charge in [0.05, 0.1) is 5.54 Å². The fourth-order valence-electron chi connectivity index (χ4n) is 4.58. The van der Waals surface area contributed by atoms with Gasteiger partial charge in [0.2, 0.25) is 0 Å². The molecule has 1 saturated heterocycles. The van der Waals surface area contributed by atoms with Gasteiger partial charge in [-0.15, -0.1) is 4.72 Å². The van der Waals surface area contributed by atoms with Gasteiger partial charge in [0, 0.05) is 41.8 Å². The first-order chi connectivity index (χ1) is 13.7. The lowest BCUT2D eigenvalue weighted by Gasteiger charge is -2.49. The number of aromatic nitrogens is 1. The Labute approximate surface area is 184 Å². The van der Waals surface area contributed by atoms with E-state index in [1.165, 1.54) is 0 Å². The minimum atomic E-state index is -1.22. The fraction of sp³-hybridized carbons (Fsp3) is 0.739. The molecule has 1 unspecified atom stereocenters. The fourth-order valence-corrected chi connectivity index (χ4v) is 5.58. The second-order valence-corrected chi connectivity index (χ2v) is 13.0. The third kappa shape index (κ3) is 4.34. The van der Waals surface area contributed by atoms with E-state index in [1.54, 1.807) is 4.90 Å². The number of piperidine rings is 1. The van der Waals surface area contributed by atoms with Crippen molar-refractivity contribution >= 4 is 17.5 Å². The predicted octanol–water partition coefficient (Wildman–Crippen LogP) is 4.23. The van der Waals surface area contributed by atoms with Crippen LogP contribution in [-0.2, 0) is 28.1 Å². The Morgan fingerprint density at radius 2 is 1.83 bits per heavy atom. The molecule has 1 aromatic rings. The zero-order valence-electron chi connectivity index (χ0n) is 19.7. The highest BCUT2D eigenvalue weighted by Crippen LogP contribution is 2.56. The summed E-state index contributed by atoms with van der Waals surface area (Å²) in [5.41, 5.74) is 2.20. The molecule has 1 aromatic heterocycles. The monoisotopic (exact) mass is 435 g/mol. The van der Waals surface area contributed by atoms with Crippen molar-refractivity contribution in [2.75, 3.05) is 13.1 Å². The van der Waals surface area contributed by atoms with Crippen LogP contribution < -0.4 is 4.72 Å². The van der Waals surface area contributed by atoms with Gasteiger partial charge in [-0.3, -0.25) is 4.98 Å². The maximum Gasteiger partial charge on any atom is 0.410 e. The molecule has 2 aliphatic rings. The third-order valence-electron chi connectivity index (χ3n) is 6.44. The number of aryl methyl sites for hydroxylation is 1. The number of likely N-dealkylation sites (tertiary alicyclic amines) is 1. The highest BCUT2D eigenvalue weighted by Gasteiger charge is 2.59. The van der Waals surface area contributed by atoms with Gasteiger partial charge in [-0.2, -0.15) is 0 Å². The minimum Gasteiger partial charge on any atom is -0.598 e. The van der Waals surface area contributed by atoms with E-state index in [2.05, 4.69) is 17.7 Å². The molecule has 0 bridgehead atoms. The molecule has 2 heterocycles. The van der Waals surface area contributed by atoms with Gasteiger partial charge < -0.3 is 14.2 Å². The number of nitrogens with one attached hydrogen (secondary N) is 1. The average molecular weight is 436 g/mol. The predicted molar refractivity (Wildman–Crippen MR) is 121 cm³/mol. The summed E-state index contributed by atoms with van der Waals surface area (Å²) in [6.45, 7) is 17.1. The average Bonchev–Trinajstić information content (AvgIpc) is 2.82. The van der Waals surface area contributed by atoms with Crippen LogP contribution >= 0.6 is 0 Å². The lowest BCUT2D eigenvalue weighted by molar-refractivity contribution is -0.00332. The summed E-state index contributed by atoms with van der Waals surface area (Å²) in [6, 6.07) is 2.18. The number of hydrogen-bond acceptors (Lipinski definition) is 5. The number of nitrogens with zero attached hydrogens (tertiary/aromatic N) is 2. The lowest BCUT2D eigenvalue weighted by atomic mass is 9.65. The molecule has 1 aliphatic carbocycles. The number of fused-ring (bicyclic) bond motifs is 1. The van der Waals surface area contributed by atoms with Gasteiger partial charge in [0.15, 0.2) is 0 Å². The normalized spacial score (nSPS) is 24.6. The second kappa shape index (κ2) is 7.68. The molecule has 6 nitrogen and oxygen atoms in total. The summed E-state index contributed by atoms with van der Waals surface area (Å²) < 4.78 is 21.9. The zero-order valence-corrected chi connectivity index (χ0v) is 20.5. The standard InChI is InChI=1S/C23H37N3O3S/c1-16-13-17-18(24-15-16)14-23(22(17,8)25-30(28)21(5,6)7)9-11-26(12-10-23)19(27)29-20(2,3)4/h13,15,25H,9-12,14H2,1-8H3/t22?,30-/m1/s1. The molecule has 168 valence electrons. The first-order valence-electron chi connectivity index (χ1n) is 10.8. The molecule has 30 heavy (non-hydrogen) atoms. The Morgan fingerprint density at radius 1 is 1.23 bits per heavy atom. The number of carbonyl (C=O) groups excluding carboxylic acids is 1. The van der Waals surface area contributed by atoms with E-state index < -0.39 is 22.5 Å². The summed E-state index contributed by atoms with van der Waals surface area (Å²) in [4.78, 5) is 19.1. The molecular weight excluding hydrogens is 398 g/mol. The van der Waals surface area contributed by atoms with E-state index in [9.17, 15) is 9.35 Å². The van der Waals surface area contributed by atoms with Crippen LogP contribution in [0.15, 0.2) is 12.3 Å². The minimum absolute atomic E-state index is 0.143. The zero-order chi connectivity index (χ0) is 22.5. The van der Waals surface area contributed by atoms with Crippen molar-refractivity contribution in [2.24, 2.45) is 5.41 Å². The molecule has 2 atom stereocenters. The molecule has 7 heteroatoms. The number of pyridine rings is 1. The molecule has 3 rings (SSSR count). The quantitative estimate of drug-likeness (QED) is 0.704. The summed E-state index contributed by atoms with van der Waals surface area (Å²) in [6.07, 6.45) is 4.11. The topological polar surface area (TPSA) is 77.5 Å². The summed E-state index contributed by atoms with van der Waals surface area (Å²) in [5, 5.41) is 0. The Bertz CT molecular complexity index is 807. The van der Waals surface area contributed by atoms with Crippen LogP contribution in [0.5, 0.6) is 0 Å². The highest BCUT2D eigenvalue weighted by atomic mass is 32.2. The van der Waals surface area contributed by atoms with Gasteiger partial charge in [-0.1, -0.05) is 6.07 Å². The molecule has 1 amide bonds. The molecular formula is C23H37N3O3S. The van der Waals surface area contributed by atoms with Gasteiger partial charge in [-0.25, -0.2) is 4.79 Å². The number of rotatable bonds is 2. The van der Waals surface area contributed by atoms with Crippen LogP contribution in [0, 0.1) is 12.3 Å². The van der Waals surface area contributed by atoms with Gasteiger partial charge >= 0.3 is 6.09 Å². The van der Waals surface area contributed by atoms with Crippen LogP contribution in [0.3, 0.4) is 0 Å². The highest BCUT2D eigenvalue weighted by molar-refractivity contribution is 7.90. The Kier molecular flexibility index (Phi) is 5.98. The summed E-state index contributed by atoms with van der Waals surface area (Å²) in [7, 11) is 0. The van der Waals surface area contributed by atoms with Crippen LogP contribution in [0.2, 0.25) is 0 Å². The third-order valence-corrected chi connectivity index (χ3v) is 8.14. The lowest BCUT2D eigenvalue weighted by Crippen LogP contribution is -2.60. The molecule has 0 aromatic carbocycles. The second-order valence-electron chi connectivity index (χ2n) is 11.0. The van der Waals surface area contributed by atoms with Gasteiger partial charge in [0.1, 0.15) is 10.3 Å². The van der Waals surface area contributed by atoms with Crippen LogP contribution in [0.25, 0.3) is 0 Å². The maximum atomic E-state index is 13.2. The Hall–Kier alpha value is -1.31. The van der Waals surface area contributed by atoms with E-state index in [0.29, 0.717) is 13.1 Å². The molecule has 1 spiro atoms. The van der Waals surface area contributed by atoms with Crippen LogP contribution in [0.4, 0.5) is 4.79 Å². The Balaban J connectivity index is 1.89. The first-order valence-corrected chi connectivity index (χ1v) is 12.0. The van der Waals surface area contributed by atoms with Gasteiger partial charge in [0.25, 0.3) is 0 Å². The van der Waals surface area contributed by atoms with Crippen molar-refractivity contribution in [1.82, 2.24) is 14.6 Å². The molecule has 1 N–H and O–H groups in total. The molecule has 0 radical (unpaired) electrons. The Morgan fingerprint density at radius 3 is 2.37 bits per heavy atom. The van der Waals surface area contributed by atoms with E-state index in [4.69, 9.17) is 9.72 Å². The summed E-state index contributed by atoms with van der Waals surface area (Å²) >= 11 is -1.22. The SMILES string of the molecule is Cc1cnc2c(c1)C(C)(N[S@+]([O-])C(C)(C)C)C1(CCN(C(=O)OC(C)(C)C)CC1)C2. The van der Waals surface area contributed by atoms with Crippen molar-refractivity contribution < 1.29 is 14.1 Å². The van der Waals surface area contributed by atoms with E-state index in [0.717, 1.165) is 36.1 Å². The van der Waals surface area contributed by atoms with Crippen LogP contribution in [-0.4, -0.2) is 44.0 Å². The van der Waals surface area contributed by atoms with Crippen molar-refractivity contribution in [3.63, 3.8) is 0 Å². The van der Waals surface area contributed by atoms with Crippen LogP contribution in [0.1, 0.15) is 78.1 Å². The number of hydrogen-bond donors (Lipinski definition) is 1. The number of ether oxygens (including phenoxy) is 1. The maximum absolute atomic E-state index is 13.2. The van der Waals surface area contributed by atoms with E-state index >= 15 is 0 Å². The van der Waals surface area contributed by atoms with E-state index in [-0.39, 0.29) is 16.3 Å². The van der Waals surface area contributed by atoms with Crippen molar-refractivity contribution in [1.29, 1.82) is 0 Å². The van der Waals surface area contributed by atoms with Gasteiger partial charge in [-0.05, 0) is 85.8 Å². The molecule has 1 aliphatic heterocycles. The smallest absolute Gasteiger partial charge is 0.410 e. The molecule has 0 saturated carbocycles. The number of carbonyl (C=O) groups is 1. The van der Waals surface area contributed by atoms with Crippen molar-refractivity contribution in [3.8, 4) is 0 Å². The number of amides is 1. The van der Waals surface area contributed by atoms with E-state index in [1.807, 2.05) is 54.7 Å². The molecule has 1 fully saturated rings.